The van der Waals surface area contributed by atoms with Crippen LogP contribution in [0.2, 0.25) is 5.02 Å². The minimum Gasteiger partial charge on any atom is -0.480 e. The molecule has 1 aliphatic rings. The highest BCUT2D eigenvalue weighted by Gasteiger charge is 2.44. The van der Waals surface area contributed by atoms with Crippen LogP contribution in [-0.4, -0.2) is 42.2 Å². The Hall–Kier alpha value is -1.10. The molecule has 1 atom stereocenters. The van der Waals surface area contributed by atoms with Gasteiger partial charge < -0.3 is 10.4 Å². The zero-order valence-electron chi connectivity index (χ0n) is 11.0. The molecule has 1 aliphatic heterocycles. The normalized spacial score (nSPS) is 19.9. The third-order valence-electron chi connectivity index (χ3n) is 3.84. The third kappa shape index (κ3) is 2.61. The molecule has 2 N–H and O–H groups in total. The van der Waals surface area contributed by atoms with E-state index in [-0.39, 0.29) is 0 Å². The van der Waals surface area contributed by atoms with Crippen molar-refractivity contribution in [2.45, 2.75) is 18.9 Å². The first kappa shape index (κ1) is 14.3. The summed E-state index contributed by atoms with van der Waals surface area (Å²) in [5, 5.41) is 13.7. The fourth-order valence-corrected chi connectivity index (χ4v) is 2.92. The van der Waals surface area contributed by atoms with E-state index in [0.29, 0.717) is 11.4 Å². The molecule has 0 bridgehead atoms. The number of carboxylic acid groups (broad SMARTS) is 1. The van der Waals surface area contributed by atoms with Gasteiger partial charge in [0.05, 0.1) is 0 Å². The number of nitrogens with one attached hydrogen (secondary N) is 1. The molecule has 1 fully saturated rings. The van der Waals surface area contributed by atoms with Crippen molar-refractivity contribution in [2.75, 3.05) is 26.2 Å². The van der Waals surface area contributed by atoms with Crippen LogP contribution in [0.4, 0.5) is 0 Å². The van der Waals surface area contributed by atoms with Crippen molar-refractivity contribution >= 4 is 17.6 Å². The van der Waals surface area contributed by atoms with Gasteiger partial charge in [0.15, 0.2) is 0 Å². The predicted octanol–water partition coefficient (Wildman–Crippen LogP) is 1.94. The fourth-order valence-electron chi connectivity index (χ4n) is 2.79. The molecule has 1 heterocycles. The van der Waals surface area contributed by atoms with Crippen molar-refractivity contribution in [3.8, 4) is 0 Å². The number of piperazine rings is 1. The van der Waals surface area contributed by atoms with Gasteiger partial charge >= 0.3 is 5.97 Å². The number of nitrogens with zero attached hydrogens (tertiary/aromatic N) is 1. The Kier molecular flexibility index (Phi) is 4.45. The van der Waals surface area contributed by atoms with Crippen molar-refractivity contribution in [2.24, 2.45) is 0 Å². The van der Waals surface area contributed by atoms with Gasteiger partial charge in [-0.05, 0) is 24.1 Å². The fraction of sp³-hybridized carbons (Fsp3) is 0.500. The Labute approximate surface area is 118 Å². The van der Waals surface area contributed by atoms with E-state index in [2.05, 4.69) is 10.2 Å². The van der Waals surface area contributed by atoms with E-state index in [9.17, 15) is 9.90 Å². The maximum absolute atomic E-state index is 11.9. The van der Waals surface area contributed by atoms with Crippen molar-refractivity contribution in [3.63, 3.8) is 0 Å². The molecule has 0 spiro atoms. The van der Waals surface area contributed by atoms with Crippen molar-refractivity contribution in [1.29, 1.82) is 0 Å². The van der Waals surface area contributed by atoms with Crippen LogP contribution in [0.15, 0.2) is 24.3 Å². The number of rotatable bonds is 4. The van der Waals surface area contributed by atoms with E-state index in [4.69, 9.17) is 11.6 Å². The maximum Gasteiger partial charge on any atom is 0.328 e. The Morgan fingerprint density at radius 2 is 1.95 bits per heavy atom. The van der Waals surface area contributed by atoms with E-state index >= 15 is 0 Å². The van der Waals surface area contributed by atoms with Gasteiger partial charge in [0, 0.05) is 31.2 Å². The molecule has 0 aromatic heterocycles. The molecule has 1 aromatic carbocycles. The summed E-state index contributed by atoms with van der Waals surface area (Å²) < 4.78 is 0. The molecule has 1 unspecified atom stereocenters. The molecule has 0 aliphatic carbocycles. The van der Waals surface area contributed by atoms with Crippen LogP contribution in [0.25, 0.3) is 0 Å². The van der Waals surface area contributed by atoms with Crippen LogP contribution in [-0.2, 0) is 10.3 Å². The van der Waals surface area contributed by atoms with Gasteiger partial charge in [0.2, 0.25) is 0 Å². The molecule has 1 aromatic rings. The van der Waals surface area contributed by atoms with Gasteiger partial charge in [-0.25, -0.2) is 4.79 Å². The van der Waals surface area contributed by atoms with Crippen LogP contribution in [0.1, 0.15) is 18.9 Å². The molecule has 1 saturated heterocycles. The molecule has 4 nitrogen and oxygen atoms in total. The Balaban J connectivity index is 2.43. The van der Waals surface area contributed by atoms with E-state index in [1.165, 1.54) is 0 Å². The average molecular weight is 283 g/mol. The highest BCUT2D eigenvalue weighted by molar-refractivity contribution is 6.30. The first-order valence-electron chi connectivity index (χ1n) is 6.56. The quantitative estimate of drug-likeness (QED) is 0.886. The van der Waals surface area contributed by atoms with Gasteiger partial charge in [-0.1, -0.05) is 30.7 Å². The molecule has 2 rings (SSSR count). The van der Waals surface area contributed by atoms with Crippen LogP contribution in [0, 0.1) is 0 Å². The average Bonchev–Trinajstić information content (AvgIpc) is 2.43. The zero-order valence-corrected chi connectivity index (χ0v) is 11.8. The lowest BCUT2D eigenvalue weighted by Crippen LogP contribution is -2.58. The minimum atomic E-state index is -0.952. The van der Waals surface area contributed by atoms with E-state index in [1.807, 2.05) is 19.1 Å². The molecule has 0 amide bonds. The van der Waals surface area contributed by atoms with Crippen molar-refractivity contribution < 1.29 is 9.90 Å². The molecular weight excluding hydrogens is 264 g/mol. The molecule has 104 valence electrons. The summed E-state index contributed by atoms with van der Waals surface area (Å²) in [6, 6.07) is 7.16. The van der Waals surface area contributed by atoms with E-state index in [1.54, 1.807) is 12.1 Å². The lowest BCUT2D eigenvalue weighted by Gasteiger charge is -2.42. The first-order chi connectivity index (χ1) is 9.11. The number of carbonyl (C=O) groups is 1. The number of hydrogen-bond acceptors (Lipinski definition) is 3. The molecular formula is C14H19ClN2O2. The SMILES string of the molecule is CCC(C(=O)O)(c1ccc(Cl)cc1)N1CCNCC1. The Morgan fingerprint density at radius 1 is 1.37 bits per heavy atom. The summed E-state index contributed by atoms with van der Waals surface area (Å²) in [6.45, 7) is 5.04. The standard InChI is InChI=1S/C14H19ClN2O2/c1-2-14(13(18)19,17-9-7-16-8-10-17)11-3-5-12(15)6-4-11/h3-6,16H,2,7-10H2,1H3,(H,18,19). The number of benzene rings is 1. The summed E-state index contributed by atoms with van der Waals surface area (Å²) in [6.07, 6.45) is 0.532. The lowest BCUT2D eigenvalue weighted by molar-refractivity contribution is -0.153. The maximum atomic E-state index is 11.9. The van der Waals surface area contributed by atoms with Crippen molar-refractivity contribution in [3.05, 3.63) is 34.9 Å². The van der Waals surface area contributed by atoms with Gasteiger partial charge in [-0.2, -0.15) is 0 Å². The minimum absolute atomic E-state index is 0.532. The number of halogens is 1. The van der Waals surface area contributed by atoms with Crippen LogP contribution >= 0.6 is 11.6 Å². The highest BCUT2D eigenvalue weighted by atomic mass is 35.5. The lowest BCUT2D eigenvalue weighted by atomic mass is 9.85. The first-order valence-corrected chi connectivity index (χ1v) is 6.94. The van der Waals surface area contributed by atoms with E-state index < -0.39 is 11.5 Å². The van der Waals surface area contributed by atoms with Crippen molar-refractivity contribution in [1.82, 2.24) is 10.2 Å². The Morgan fingerprint density at radius 3 is 2.42 bits per heavy atom. The number of hydrogen-bond donors (Lipinski definition) is 2. The largest absolute Gasteiger partial charge is 0.480 e. The molecule has 0 saturated carbocycles. The second-order valence-corrected chi connectivity index (χ2v) is 5.20. The topological polar surface area (TPSA) is 52.6 Å². The summed E-state index contributed by atoms with van der Waals surface area (Å²) >= 11 is 5.90. The third-order valence-corrected chi connectivity index (χ3v) is 4.10. The second-order valence-electron chi connectivity index (χ2n) is 4.76. The monoisotopic (exact) mass is 282 g/mol. The smallest absolute Gasteiger partial charge is 0.328 e. The zero-order chi connectivity index (χ0) is 13.9. The Bertz CT molecular complexity index is 443. The van der Waals surface area contributed by atoms with Crippen LogP contribution < -0.4 is 5.32 Å². The highest BCUT2D eigenvalue weighted by Crippen LogP contribution is 2.33. The summed E-state index contributed by atoms with van der Waals surface area (Å²) in [7, 11) is 0. The van der Waals surface area contributed by atoms with Gasteiger partial charge in [-0.15, -0.1) is 0 Å². The molecule has 5 heteroatoms. The van der Waals surface area contributed by atoms with Gasteiger partial charge in [0.25, 0.3) is 0 Å². The van der Waals surface area contributed by atoms with Gasteiger partial charge in [0.1, 0.15) is 5.54 Å². The van der Waals surface area contributed by atoms with E-state index in [0.717, 1.165) is 31.7 Å². The predicted molar refractivity (Wildman–Crippen MR) is 75.5 cm³/mol. The summed E-state index contributed by atoms with van der Waals surface area (Å²) in [4.78, 5) is 14.0. The summed E-state index contributed by atoms with van der Waals surface area (Å²) in [5.74, 6) is -0.792. The number of carboxylic acids is 1. The van der Waals surface area contributed by atoms with Crippen LogP contribution in [0.5, 0.6) is 0 Å². The number of aliphatic carboxylic acids is 1. The van der Waals surface area contributed by atoms with Gasteiger partial charge in [-0.3, -0.25) is 4.90 Å². The van der Waals surface area contributed by atoms with Crippen LogP contribution in [0.3, 0.4) is 0 Å². The summed E-state index contributed by atoms with van der Waals surface area (Å²) in [5.41, 5.74) is -0.152. The second kappa shape index (κ2) is 5.90. The molecule has 19 heavy (non-hydrogen) atoms. The molecule has 0 radical (unpaired) electrons.